The Labute approximate surface area is 111 Å². The number of carbonyl (C=O) groups excluding carboxylic acids is 1. The molecule has 6 heteroatoms. The number of aliphatic carboxylic acids is 1. The van der Waals surface area contributed by atoms with Gasteiger partial charge in [0.2, 0.25) is 0 Å². The molecule has 1 fully saturated rings. The van der Waals surface area contributed by atoms with Crippen LogP contribution in [-0.4, -0.2) is 41.7 Å². The number of ether oxygens (including phenoxy) is 1. The first kappa shape index (κ1) is 13.3. The van der Waals surface area contributed by atoms with Crippen molar-refractivity contribution in [3.05, 3.63) is 23.9 Å². The fraction of sp³-hybridized carbons (Fsp3) is 0.462. The van der Waals surface area contributed by atoms with Gasteiger partial charge in [-0.3, -0.25) is 0 Å². The van der Waals surface area contributed by atoms with Crippen molar-refractivity contribution in [2.24, 2.45) is 0 Å². The van der Waals surface area contributed by atoms with Gasteiger partial charge in [0.15, 0.2) is 0 Å². The quantitative estimate of drug-likeness (QED) is 0.829. The maximum Gasteiger partial charge on any atom is 0.341 e. The summed E-state index contributed by atoms with van der Waals surface area (Å²) in [4.78, 5) is 28.9. The summed E-state index contributed by atoms with van der Waals surface area (Å²) in [6.45, 7) is 0.581. The number of methoxy groups -OCH3 is 1. The van der Waals surface area contributed by atoms with Gasteiger partial charge < -0.3 is 14.7 Å². The number of carbonyl (C=O) groups is 2. The fourth-order valence-electron chi connectivity index (χ4n) is 2.34. The Balaban J connectivity index is 2.39. The first-order valence-electron chi connectivity index (χ1n) is 6.18. The van der Waals surface area contributed by atoms with Crippen LogP contribution in [0.1, 0.15) is 29.6 Å². The molecule has 1 aromatic heterocycles. The molecular formula is C13H16N2O4. The SMILES string of the molecule is COC(=O)c1cccnc1N1CCCCC1C(=O)O. The lowest BCUT2D eigenvalue weighted by Gasteiger charge is -2.34. The zero-order chi connectivity index (χ0) is 13.8. The lowest BCUT2D eigenvalue weighted by molar-refractivity contribution is -0.139. The van der Waals surface area contributed by atoms with Crippen molar-refractivity contribution < 1.29 is 19.4 Å². The molecule has 2 rings (SSSR count). The molecule has 0 aromatic carbocycles. The molecule has 1 aliphatic rings. The zero-order valence-corrected chi connectivity index (χ0v) is 10.7. The van der Waals surface area contributed by atoms with E-state index in [0.29, 0.717) is 24.3 Å². The average molecular weight is 264 g/mol. The van der Waals surface area contributed by atoms with E-state index in [2.05, 4.69) is 4.98 Å². The normalized spacial score (nSPS) is 19.0. The Morgan fingerprint density at radius 2 is 2.26 bits per heavy atom. The molecule has 0 bridgehead atoms. The highest BCUT2D eigenvalue weighted by Gasteiger charge is 2.31. The molecular weight excluding hydrogens is 248 g/mol. The number of hydrogen-bond donors (Lipinski definition) is 1. The number of aromatic nitrogens is 1. The monoisotopic (exact) mass is 264 g/mol. The van der Waals surface area contributed by atoms with Gasteiger partial charge in [-0.1, -0.05) is 0 Å². The molecule has 1 aliphatic heterocycles. The van der Waals surface area contributed by atoms with Crippen molar-refractivity contribution in [3.8, 4) is 0 Å². The third-order valence-electron chi connectivity index (χ3n) is 3.25. The minimum Gasteiger partial charge on any atom is -0.480 e. The predicted octanol–water partition coefficient (Wildman–Crippen LogP) is 1.31. The number of carboxylic acids is 1. The van der Waals surface area contributed by atoms with Crippen molar-refractivity contribution in [1.29, 1.82) is 0 Å². The van der Waals surface area contributed by atoms with Crippen LogP contribution >= 0.6 is 0 Å². The Morgan fingerprint density at radius 3 is 2.95 bits per heavy atom. The Kier molecular flexibility index (Phi) is 3.99. The van der Waals surface area contributed by atoms with Crippen LogP contribution in [0.5, 0.6) is 0 Å². The molecule has 0 aliphatic carbocycles. The van der Waals surface area contributed by atoms with E-state index >= 15 is 0 Å². The molecule has 1 unspecified atom stereocenters. The van der Waals surface area contributed by atoms with Crippen LogP contribution in [0, 0.1) is 0 Å². The number of carboxylic acid groups (broad SMARTS) is 1. The summed E-state index contributed by atoms with van der Waals surface area (Å²) in [5.74, 6) is -1.000. The second-order valence-corrected chi connectivity index (χ2v) is 4.41. The third-order valence-corrected chi connectivity index (χ3v) is 3.25. The molecule has 1 saturated heterocycles. The van der Waals surface area contributed by atoms with Gasteiger partial charge in [-0.05, 0) is 31.4 Å². The summed E-state index contributed by atoms with van der Waals surface area (Å²) in [6.07, 6.45) is 3.87. The number of nitrogens with zero attached hydrogens (tertiary/aromatic N) is 2. The van der Waals surface area contributed by atoms with Gasteiger partial charge in [-0.15, -0.1) is 0 Å². The lowest BCUT2D eigenvalue weighted by Crippen LogP contribution is -2.45. The van der Waals surface area contributed by atoms with Crippen LogP contribution in [0.25, 0.3) is 0 Å². The van der Waals surface area contributed by atoms with Crippen molar-refractivity contribution in [2.75, 3.05) is 18.6 Å². The summed E-state index contributed by atoms with van der Waals surface area (Å²) in [5.41, 5.74) is 0.304. The first-order chi connectivity index (χ1) is 9.15. The highest BCUT2D eigenvalue weighted by atomic mass is 16.5. The lowest BCUT2D eigenvalue weighted by atomic mass is 10.0. The van der Waals surface area contributed by atoms with Crippen LogP contribution in [-0.2, 0) is 9.53 Å². The van der Waals surface area contributed by atoms with Crippen molar-refractivity contribution >= 4 is 17.8 Å². The van der Waals surface area contributed by atoms with Crippen LogP contribution in [0.2, 0.25) is 0 Å². The van der Waals surface area contributed by atoms with E-state index in [1.165, 1.54) is 7.11 Å². The van der Waals surface area contributed by atoms with Crippen molar-refractivity contribution in [2.45, 2.75) is 25.3 Å². The molecule has 2 heterocycles. The molecule has 6 nitrogen and oxygen atoms in total. The van der Waals surface area contributed by atoms with Gasteiger partial charge >= 0.3 is 11.9 Å². The Bertz CT molecular complexity index is 489. The largest absolute Gasteiger partial charge is 0.480 e. The molecule has 102 valence electrons. The fourth-order valence-corrected chi connectivity index (χ4v) is 2.34. The third kappa shape index (κ3) is 2.67. The van der Waals surface area contributed by atoms with Gasteiger partial charge in [0.05, 0.1) is 7.11 Å². The molecule has 1 N–H and O–H groups in total. The second kappa shape index (κ2) is 5.69. The van der Waals surface area contributed by atoms with E-state index in [9.17, 15) is 14.7 Å². The van der Waals surface area contributed by atoms with Crippen LogP contribution in [0.15, 0.2) is 18.3 Å². The maximum atomic E-state index is 11.7. The summed E-state index contributed by atoms with van der Waals surface area (Å²) >= 11 is 0. The minimum atomic E-state index is -0.888. The van der Waals surface area contributed by atoms with E-state index < -0.39 is 18.0 Å². The first-order valence-corrected chi connectivity index (χ1v) is 6.18. The number of anilines is 1. The molecule has 0 amide bonds. The van der Waals surface area contributed by atoms with Crippen LogP contribution in [0.4, 0.5) is 5.82 Å². The molecule has 0 radical (unpaired) electrons. The molecule has 0 spiro atoms. The van der Waals surface area contributed by atoms with Crippen molar-refractivity contribution in [3.63, 3.8) is 0 Å². The van der Waals surface area contributed by atoms with Crippen LogP contribution in [0.3, 0.4) is 0 Å². The van der Waals surface area contributed by atoms with E-state index in [1.54, 1.807) is 23.2 Å². The summed E-state index contributed by atoms with van der Waals surface area (Å²) in [6, 6.07) is 2.60. The number of piperidine rings is 1. The Hall–Kier alpha value is -2.11. The smallest absolute Gasteiger partial charge is 0.341 e. The topological polar surface area (TPSA) is 79.7 Å². The summed E-state index contributed by atoms with van der Waals surface area (Å²) < 4.78 is 4.71. The Morgan fingerprint density at radius 1 is 1.47 bits per heavy atom. The van der Waals surface area contributed by atoms with Crippen LogP contribution < -0.4 is 4.90 Å². The highest BCUT2D eigenvalue weighted by Crippen LogP contribution is 2.26. The summed E-state index contributed by atoms with van der Waals surface area (Å²) in [5, 5.41) is 9.27. The van der Waals surface area contributed by atoms with Gasteiger partial charge in [0, 0.05) is 12.7 Å². The van der Waals surface area contributed by atoms with Crippen molar-refractivity contribution in [1.82, 2.24) is 4.98 Å². The van der Waals surface area contributed by atoms with E-state index in [4.69, 9.17) is 4.74 Å². The standard InChI is InChI=1S/C13H16N2O4/c1-19-13(18)9-5-4-7-14-11(9)15-8-3-2-6-10(15)12(16)17/h4-5,7,10H,2-3,6,8H2,1H3,(H,16,17). The van der Waals surface area contributed by atoms with Gasteiger partial charge in [0.25, 0.3) is 0 Å². The predicted molar refractivity (Wildman–Crippen MR) is 68.2 cm³/mol. The zero-order valence-electron chi connectivity index (χ0n) is 10.7. The number of rotatable bonds is 3. The molecule has 1 atom stereocenters. The van der Waals surface area contributed by atoms with E-state index in [-0.39, 0.29) is 0 Å². The van der Waals surface area contributed by atoms with E-state index in [0.717, 1.165) is 12.8 Å². The highest BCUT2D eigenvalue weighted by molar-refractivity contribution is 5.95. The van der Waals surface area contributed by atoms with Gasteiger partial charge in [0.1, 0.15) is 17.4 Å². The molecule has 0 saturated carbocycles. The number of hydrogen-bond acceptors (Lipinski definition) is 5. The number of pyridine rings is 1. The molecule has 19 heavy (non-hydrogen) atoms. The molecule has 1 aromatic rings. The average Bonchev–Trinajstić information content (AvgIpc) is 2.46. The minimum absolute atomic E-state index is 0.304. The summed E-state index contributed by atoms with van der Waals surface area (Å²) in [7, 11) is 1.30. The second-order valence-electron chi connectivity index (χ2n) is 4.41. The maximum absolute atomic E-state index is 11.7. The van der Waals surface area contributed by atoms with E-state index in [1.807, 2.05) is 0 Å². The van der Waals surface area contributed by atoms with Gasteiger partial charge in [-0.2, -0.15) is 0 Å². The number of esters is 1. The van der Waals surface area contributed by atoms with Gasteiger partial charge in [-0.25, -0.2) is 14.6 Å².